The molecule has 1 aromatic heterocycles. The number of nitrogens with zero attached hydrogens (tertiary/aromatic N) is 2. The van der Waals surface area contributed by atoms with Crippen LogP contribution in [0.4, 0.5) is 5.00 Å². The lowest BCUT2D eigenvalue weighted by molar-refractivity contribution is -0.380. The zero-order valence-electron chi connectivity index (χ0n) is 11.2. The Balaban J connectivity index is 1.71. The second-order valence-electron chi connectivity index (χ2n) is 5.61. The van der Waals surface area contributed by atoms with Crippen LogP contribution in [-0.2, 0) is 0 Å². The summed E-state index contributed by atoms with van der Waals surface area (Å²) in [5, 5.41) is 15.8. The molecule has 2 aliphatic rings. The zero-order valence-corrected chi connectivity index (χ0v) is 12.1. The minimum Gasteiger partial charge on any atom is -0.339 e. The van der Waals surface area contributed by atoms with Gasteiger partial charge in [0, 0.05) is 36.6 Å². The first kappa shape index (κ1) is 13.5. The van der Waals surface area contributed by atoms with Gasteiger partial charge < -0.3 is 10.2 Å². The molecule has 2 atom stereocenters. The largest absolute Gasteiger partial charge is 0.339 e. The van der Waals surface area contributed by atoms with Gasteiger partial charge in [0.15, 0.2) is 0 Å². The van der Waals surface area contributed by atoms with E-state index in [0.717, 1.165) is 24.2 Å². The fourth-order valence-electron chi connectivity index (χ4n) is 3.25. The van der Waals surface area contributed by atoms with Crippen molar-refractivity contribution in [1.29, 1.82) is 0 Å². The highest BCUT2D eigenvalue weighted by molar-refractivity contribution is 7.13. The van der Waals surface area contributed by atoms with Crippen molar-refractivity contribution in [3.63, 3.8) is 0 Å². The second kappa shape index (κ2) is 5.14. The summed E-state index contributed by atoms with van der Waals surface area (Å²) in [6.07, 6.45) is 4.33. The summed E-state index contributed by atoms with van der Waals surface area (Å²) in [4.78, 5) is 24.4. The third kappa shape index (κ3) is 2.43. The minimum atomic E-state index is -0.452. The van der Waals surface area contributed by atoms with Gasteiger partial charge >= 0.3 is 5.00 Å². The number of fused-ring (bicyclic) bond motifs is 2. The van der Waals surface area contributed by atoms with E-state index >= 15 is 0 Å². The Bertz CT molecular complexity index is 533. The van der Waals surface area contributed by atoms with Gasteiger partial charge in [0.25, 0.3) is 5.91 Å². The third-order valence-electron chi connectivity index (χ3n) is 4.33. The fraction of sp³-hybridized carbons (Fsp3) is 0.615. The second-order valence-corrected chi connectivity index (χ2v) is 6.50. The van der Waals surface area contributed by atoms with Gasteiger partial charge in [0.05, 0.1) is 10.5 Å². The summed E-state index contributed by atoms with van der Waals surface area (Å²) in [5.41, 5.74) is 0.426. The quantitative estimate of drug-likeness (QED) is 0.683. The summed E-state index contributed by atoms with van der Waals surface area (Å²) < 4.78 is 0. The molecule has 2 aliphatic heterocycles. The van der Waals surface area contributed by atoms with Crippen LogP contribution in [0.1, 0.15) is 36.0 Å². The van der Waals surface area contributed by atoms with E-state index < -0.39 is 4.92 Å². The first-order valence-corrected chi connectivity index (χ1v) is 7.68. The number of carbonyl (C=O) groups excluding carboxylic acids is 1. The Morgan fingerprint density at radius 2 is 2.10 bits per heavy atom. The molecule has 3 heterocycles. The van der Waals surface area contributed by atoms with E-state index in [9.17, 15) is 14.9 Å². The Morgan fingerprint density at radius 3 is 2.65 bits per heavy atom. The summed E-state index contributed by atoms with van der Waals surface area (Å²) in [6, 6.07) is 2.65. The molecule has 0 radical (unpaired) electrons. The standard InChI is InChI=1S/C13H17N3O3S/c1-15(11-5-9-2-3-10(6-11)14-9)13(17)8-4-12(16(18)19)20-7-8/h4,7,9-11,14H,2-3,5-6H2,1H3. The molecule has 0 aliphatic carbocycles. The van der Waals surface area contributed by atoms with Crippen LogP contribution in [0.15, 0.2) is 11.4 Å². The molecule has 1 N–H and O–H groups in total. The average molecular weight is 295 g/mol. The number of carbonyl (C=O) groups is 1. The molecule has 20 heavy (non-hydrogen) atoms. The number of rotatable bonds is 3. The van der Waals surface area contributed by atoms with Crippen LogP contribution in [0.3, 0.4) is 0 Å². The van der Waals surface area contributed by atoms with Crippen LogP contribution in [0.5, 0.6) is 0 Å². The van der Waals surface area contributed by atoms with Gasteiger partial charge in [-0.25, -0.2) is 0 Å². The summed E-state index contributed by atoms with van der Waals surface area (Å²) in [7, 11) is 1.81. The van der Waals surface area contributed by atoms with Crippen molar-refractivity contribution in [2.24, 2.45) is 0 Å². The zero-order chi connectivity index (χ0) is 14.3. The number of amides is 1. The maximum Gasteiger partial charge on any atom is 0.324 e. The summed E-state index contributed by atoms with van der Waals surface area (Å²) in [5.74, 6) is -0.111. The van der Waals surface area contributed by atoms with Crippen molar-refractivity contribution in [3.8, 4) is 0 Å². The number of nitro groups is 1. The molecule has 2 fully saturated rings. The first-order chi connectivity index (χ1) is 9.54. The molecule has 0 aromatic carbocycles. The van der Waals surface area contributed by atoms with Crippen LogP contribution in [-0.4, -0.2) is 40.9 Å². The Labute approximate surface area is 120 Å². The molecule has 2 unspecified atom stereocenters. The lowest BCUT2D eigenvalue weighted by Crippen LogP contribution is -2.48. The number of nitrogens with one attached hydrogen (secondary N) is 1. The van der Waals surface area contributed by atoms with Crippen molar-refractivity contribution < 1.29 is 9.72 Å². The van der Waals surface area contributed by atoms with Crippen molar-refractivity contribution >= 4 is 22.2 Å². The lowest BCUT2D eigenvalue weighted by Gasteiger charge is -2.35. The van der Waals surface area contributed by atoms with Crippen molar-refractivity contribution in [2.75, 3.05) is 7.05 Å². The van der Waals surface area contributed by atoms with Crippen molar-refractivity contribution in [1.82, 2.24) is 10.2 Å². The molecule has 2 saturated heterocycles. The van der Waals surface area contributed by atoms with Gasteiger partial charge in [-0.2, -0.15) is 0 Å². The van der Waals surface area contributed by atoms with Gasteiger partial charge in [-0.15, -0.1) is 0 Å². The molecular weight excluding hydrogens is 278 g/mol. The van der Waals surface area contributed by atoms with Crippen LogP contribution in [0, 0.1) is 10.1 Å². The van der Waals surface area contributed by atoms with Crippen molar-refractivity contribution in [2.45, 2.75) is 43.8 Å². The SMILES string of the molecule is CN(C(=O)c1csc([N+](=O)[O-])c1)C1CC2CCC(C1)N2. The molecule has 7 heteroatoms. The van der Waals surface area contributed by atoms with Gasteiger partial charge in [0.1, 0.15) is 0 Å². The predicted molar refractivity (Wildman–Crippen MR) is 76.0 cm³/mol. The highest BCUT2D eigenvalue weighted by Gasteiger charge is 2.36. The van der Waals surface area contributed by atoms with E-state index in [0.29, 0.717) is 17.6 Å². The van der Waals surface area contributed by atoms with Crippen LogP contribution in [0.25, 0.3) is 0 Å². The molecule has 1 aromatic rings. The van der Waals surface area contributed by atoms with Gasteiger partial charge in [-0.3, -0.25) is 14.9 Å². The lowest BCUT2D eigenvalue weighted by atomic mass is 9.98. The predicted octanol–water partition coefficient (Wildman–Crippen LogP) is 2.01. The normalized spacial score (nSPS) is 28.4. The first-order valence-electron chi connectivity index (χ1n) is 6.80. The number of piperidine rings is 1. The minimum absolute atomic E-state index is 0.0205. The van der Waals surface area contributed by atoms with E-state index in [1.165, 1.54) is 18.9 Å². The van der Waals surface area contributed by atoms with Gasteiger partial charge in [0.2, 0.25) is 0 Å². The number of hydrogen-bond acceptors (Lipinski definition) is 5. The molecular formula is C13H17N3O3S. The van der Waals surface area contributed by atoms with E-state index in [4.69, 9.17) is 0 Å². The summed E-state index contributed by atoms with van der Waals surface area (Å²) in [6.45, 7) is 0. The molecule has 0 saturated carbocycles. The van der Waals surface area contributed by atoms with Gasteiger partial charge in [-0.1, -0.05) is 11.3 Å². The number of hydrogen-bond donors (Lipinski definition) is 1. The van der Waals surface area contributed by atoms with E-state index in [-0.39, 0.29) is 17.0 Å². The van der Waals surface area contributed by atoms with Gasteiger partial charge in [-0.05, 0) is 25.7 Å². The smallest absolute Gasteiger partial charge is 0.324 e. The fourth-order valence-corrected chi connectivity index (χ4v) is 3.94. The highest BCUT2D eigenvalue weighted by Crippen LogP contribution is 2.30. The molecule has 6 nitrogen and oxygen atoms in total. The average Bonchev–Trinajstić information content (AvgIpc) is 3.04. The van der Waals surface area contributed by atoms with Crippen LogP contribution >= 0.6 is 11.3 Å². The van der Waals surface area contributed by atoms with E-state index in [1.54, 1.807) is 17.3 Å². The van der Waals surface area contributed by atoms with Crippen molar-refractivity contribution in [3.05, 3.63) is 27.1 Å². The Morgan fingerprint density at radius 1 is 1.45 bits per heavy atom. The monoisotopic (exact) mass is 295 g/mol. The maximum absolute atomic E-state index is 12.4. The van der Waals surface area contributed by atoms with Crippen LogP contribution < -0.4 is 5.32 Å². The molecule has 2 bridgehead atoms. The molecule has 108 valence electrons. The van der Waals surface area contributed by atoms with E-state index in [1.807, 2.05) is 0 Å². The highest BCUT2D eigenvalue weighted by atomic mass is 32.1. The topological polar surface area (TPSA) is 75.5 Å². The molecule has 0 spiro atoms. The third-order valence-corrected chi connectivity index (χ3v) is 5.21. The maximum atomic E-state index is 12.4. The summed E-state index contributed by atoms with van der Waals surface area (Å²) >= 11 is 1.00. The molecule has 3 rings (SSSR count). The van der Waals surface area contributed by atoms with E-state index in [2.05, 4.69) is 5.32 Å². The molecule has 1 amide bonds. The number of thiophene rings is 1. The van der Waals surface area contributed by atoms with Crippen LogP contribution in [0.2, 0.25) is 0 Å². The Kier molecular flexibility index (Phi) is 3.47. The Hall–Kier alpha value is -1.47.